The van der Waals surface area contributed by atoms with Crippen molar-refractivity contribution >= 4 is 45.4 Å². The normalized spacial score (nSPS) is 11.6. The summed E-state index contributed by atoms with van der Waals surface area (Å²) < 4.78 is 5.17. The Morgan fingerprint density at radius 2 is 2.15 bits per heavy atom. The maximum absolute atomic E-state index is 11.6. The molecule has 0 spiro atoms. The molecule has 1 aromatic rings. The summed E-state index contributed by atoms with van der Waals surface area (Å²) in [6.07, 6.45) is 3.39. The summed E-state index contributed by atoms with van der Waals surface area (Å²) in [6.45, 7) is 7.01. The Bertz CT molecular complexity index is 501. The van der Waals surface area contributed by atoms with E-state index in [4.69, 9.17) is 4.74 Å². The van der Waals surface area contributed by atoms with E-state index >= 15 is 0 Å². The zero-order chi connectivity index (χ0) is 15.2. The molecule has 0 atom stereocenters. The molecule has 1 heterocycles. The van der Waals surface area contributed by atoms with Crippen LogP contribution in [-0.4, -0.2) is 22.6 Å². The predicted molar refractivity (Wildman–Crippen MR) is 86.3 cm³/mol. The summed E-state index contributed by atoms with van der Waals surface area (Å²) in [6, 6.07) is 1.86. The molecule has 0 saturated carbocycles. The van der Waals surface area contributed by atoms with E-state index < -0.39 is 11.7 Å². The Morgan fingerprint density at radius 3 is 2.75 bits per heavy atom. The first-order valence-electron chi connectivity index (χ1n) is 6.15. The van der Waals surface area contributed by atoms with E-state index in [2.05, 4.69) is 5.32 Å². The van der Waals surface area contributed by atoms with Crippen LogP contribution in [0, 0.1) is 0 Å². The van der Waals surface area contributed by atoms with E-state index in [1.807, 2.05) is 44.4 Å². The van der Waals surface area contributed by atoms with Gasteiger partial charge in [-0.1, -0.05) is 23.9 Å². The summed E-state index contributed by atoms with van der Waals surface area (Å²) in [5.74, 6) is 0.653. The molecular weight excluding hydrogens is 294 g/mol. The van der Waals surface area contributed by atoms with E-state index in [1.54, 1.807) is 6.92 Å². The van der Waals surface area contributed by atoms with Crippen LogP contribution in [0.4, 0.5) is 9.80 Å². The molecule has 1 rings (SSSR count). The minimum atomic E-state index is -0.506. The molecule has 4 nitrogen and oxygen atoms in total. The molecule has 0 aliphatic carbocycles. The summed E-state index contributed by atoms with van der Waals surface area (Å²) >= 11 is 2.69. The van der Waals surface area contributed by atoms with Gasteiger partial charge in [-0.05, 0) is 32.4 Å². The van der Waals surface area contributed by atoms with Crippen molar-refractivity contribution in [1.29, 1.82) is 0 Å². The molecule has 0 saturated heterocycles. The molecule has 0 aromatic carbocycles. The predicted octanol–water partition coefficient (Wildman–Crippen LogP) is 4.39. The highest BCUT2D eigenvalue weighted by Gasteiger charge is 2.16. The van der Waals surface area contributed by atoms with Crippen LogP contribution >= 0.6 is 23.1 Å². The van der Waals surface area contributed by atoms with Crippen molar-refractivity contribution in [2.24, 2.45) is 0 Å². The summed E-state index contributed by atoms with van der Waals surface area (Å²) in [5.41, 5.74) is 0.485. The first kappa shape index (κ1) is 16.8. The van der Waals surface area contributed by atoms with Crippen LogP contribution in [0.15, 0.2) is 17.5 Å². The third kappa shape index (κ3) is 7.35. The van der Waals surface area contributed by atoms with Gasteiger partial charge in [0, 0.05) is 18.1 Å². The Hall–Kier alpha value is -1.27. The molecule has 0 bridgehead atoms. The minimum Gasteiger partial charge on any atom is -0.444 e. The molecule has 0 unspecified atom stereocenters. The van der Waals surface area contributed by atoms with Crippen LogP contribution < -0.4 is 5.32 Å². The van der Waals surface area contributed by atoms with Crippen molar-refractivity contribution in [2.75, 3.05) is 11.1 Å². The molecule has 1 aromatic heterocycles. The summed E-state index contributed by atoms with van der Waals surface area (Å²) in [5, 5.41) is 5.46. The zero-order valence-corrected chi connectivity index (χ0v) is 13.7. The van der Waals surface area contributed by atoms with Gasteiger partial charge >= 0.3 is 6.09 Å². The fraction of sp³-hybridized carbons (Fsp3) is 0.429. The Morgan fingerprint density at radius 1 is 1.45 bits per heavy atom. The number of amides is 1. The van der Waals surface area contributed by atoms with Gasteiger partial charge in [-0.2, -0.15) is 0 Å². The highest BCUT2D eigenvalue weighted by molar-refractivity contribution is 8.13. The van der Waals surface area contributed by atoms with Crippen LogP contribution in [-0.2, 0) is 9.53 Å². The molecule has 0 aliphatic heterocycles. The molecule has 6 heteroatoms. The Labute approximate surface area is 127 Å². The standard InChI is InChI=1S/C14H19NO3S2/c1-10(16)19-7-5-6-11-8-12(20-9-11)15-13(17)18-14(2,3)4/h5-6,8-9H,7H2,1-4H3,(H,15,17). The van der Waals surface area contributed by atoms with Crippen LogP contribution in [0.3, 0.4) is 0 Å². The molecule has 1 amide bonds. The monoisotopic (exact) mass is 313 g/mol. The highest BCUT2D eigenvalue weighted by Crippen LogP contribution is 2.22. The van der Waals surface area contributed by atoms with Gasteiger partial charge in [0.15, 0.2) is 5.12 Å². The van der Waals surface area contributed by atoms with Gasteiger partial charge in [-0.25, -0.2) is 4.79 Å². The second-order valence-electron chi connectivity index (χ2n) is 5.08. The number of hydrogen-bond donors (Lipinski definition) is 1. The number of thiophene rings is 1. The van der Waals surface area contributed by atoms with Gasteiger partial charge in [-0.3, -0.25) is 10.1 Å². The third-order valence-corrected chi connectivity index (χ3v) is 3.57. The number of ether oxygens (including phenoxy) is 1. The molecule has 0 fully saturated rings. The van der Waals surface area contributed by atoms with Gasteiger partial charge < -0.3 is 4.74 Å². The number of rotatable bonds is 4. The average molecular weight is 313 g/mol. The van der Waals surface area contributed by atoms with E-state index in [0.29, 0.717) is 5.75 Å². The van der Waals surface area contributed by atoms with E-state index in [9.17, 15) is 9.59 Å². The molecule has 110 valence electrons. The van der Waals surface area contributed by atoms with Crippen LogP contribution in [0.2, 0.25) is 0 Å². The van der Waals surface area contributed by atoms with Gasteiger partial charge in [0.25, 0.3) is 0 Å². The van der Waals surface area contributed by atoms with Crippen molar-refractivity contribution in [2.45, 2.75) is 33.3 Å². The van der Waals surface area contributed by atoms with E-state index in [-0.39, 0.29) is 5.12 Å². The second-order valence-corrected chi connectivity index (χ2v) is 7.18. The lowest BCUT2D eigenvalue weighted by Crippen LogP contribution is -2.26. The quantitative estimate of drug-likeness (QED) is 0.895. The highest BCUT2D eigenvalue weighted by atomic mass is 32.2. The lowest BCUT2D eigenvalue weighted by Gasteiger charge is -2.19. The molecule has 0 radical (unpaired) electrons. The van der Waals surface area contributed by atoms with E-state index in [0.717, 1.165) is 10.6 Å². The number of carbonyl (C=O) groups is 2. The maximum atomic E-state index is 11.6. The SMILES string of the molecule is CC(=O)SCC=Cc1csc(NC(=O)OC(C)(C)C)c1. The first-order chi connectivity index (χ1) is 9.26. The Balaban J connectivity index is 2.47. The zero-order valence-electron chi connectivity index (χ0n) is 12.1. The molecule has 20 heavy (non-hydrogen) atoms. The topological polar surface area (TPSA) is 55.4 Å². The van der Waals surface area contributed by atoms with Crippen molar-refractivity contribution in [1.82, 2.24) is 0 Å². The average Bonchev–Trinajstić information content (AvgIpc) is 2.69. The van der Waals surface area contributed by atoms with Crippen LogP contribution in [0.1, 0.15) is 33.3 Å². The number of nitrogens with one attached hydrogen (secondary N) is 1. The maximum Gasteiger partial charge on any atom is 0.412 e. The lowest BCUT2D eigenvalue weighted by atomic mass is 10.2. The van der Waals surface area contributed by atoms with Crippen molar-refractivity contribution in [3.63, 3.8) is 0 Å². The van der Waals surface area contributed by atoms with Gasteiger partial charge in [-0.15, -0.1) is 11.3 Å². The fourth-order valence-electron chi connectivity index (χ4n) is 1.26. The number of hydrogen-bond acceptors (Lipinski definition) is 5. The van der Waals surface area contributed by atoms with Crippen molar-refractivity contribution in [3.05, 3.63) is 23.1 Å². The fourth-order valence-corrected chi connectivity index (χ4v) is 2.44. The summed E-state index contributed by atoms with van der Waals surface area (Å²) in [4.78, 5) is 22.4. The summed E-state index contributed by atoms with van der Waals surface area (Å²) in [7, 11) is 0. The van der Waals surface area contributed by atoms with Crippen LogP contribution in [0.5, 0.6) is 0 Å². The molecule has 1 N–H and O–H groups in total. The van der Waals surface area contributed by atoms with Gasteiger partial charge in [0.1, 0.15) is 5.60 Å². The van der Waals surface area contributed by atoms with Gasteiger partial charge in [0.05, 0.1) is 5.00 Å². The molecule has 0 aliphatic rings. The van der Waals surface area contributed by atoms with Crippen molar-refractivity contribution in [3.8, 4) is 0 Å². The van der Waals surface area contributed by atoms with Gasteiger partial charge in [0.2, 0.25) is 0 Å². The van der Waals surface area contributed by atoms with Crippen molar-refractivity contribution < 1.29 is 14.3 Å². The third-order valence-electron chi connectivity index (χ3n) is 1.94. The first-order valence-corrected chi connectivity index (χ1v) is 8.01. The van der Waals surface area contributed by atoms with Crippen LogP contribution in [0.25, 0.3) is 6.08 Å². The largest absolute Gasteiger partial charge is 0.444 e. The Kier molecular flexibility index (Phi) is 6.29. The number of carbonyl (C=O) groups excluding carboxylic acids is 2. The van der Waals surface area contributed by atoms with E-state index in [1.165, 1.54) is 23.1 Å². The number of thioether (sulfide) groups is 1. The molecular formula is C14H19NO3S2. The minimum absolute atomic E-state index is 0.104. The second kappa shape index (κ2) is 7.50. The number of anilines is 1. The lowest BCUT2D eigenvalue weighted by molar-refractivity contribution is -0.109. The smallest absolute Gasteiger partial charge is 0.412 e.